The van der Waals surface area contributed by atoms with Gasteiger partial charge >= 0.3 is 0 Å². The normalized spacial score (nSPS) is 18.5. The number of nitrogens with one attached hydrogen (secondary N) is 2. The van der Waals surface area contributed by atoms with Crippen LogP contribution in [0.2, 0.25) is 0 Å². The topological polar surface area (TPSA) is 132 Å². The number of hydrogen-bond donors (Lipinski definition) is 4. The lowest BCUT2D eigenvalue weighted by molar-refractivity contribution is -0.144. The fourth-order valence-electron chi connectivity index (χ4n) is 4.41. The Bertz CT molecular complexity index is 1080. The van der Waals surface area contributed by atoms with Crippen LogP contribution in [0.5, 0.6) is 0 Å². The van der Waals surface area contributed by atoms with E-state index in [0.29, 0.717) is 19.4 Å². The molecule has 0 radical (unpaired) electrons. The lowest BCUT2D eigenvalue weighted by Gasteiger charge is -2.35. The van der Waals surface area contributed by atoms with Crippen molar-refractivity contribution in [2.45, 2.75) is 78.1 Å². The number of aromatic nitrogens is 1. The van der Waals surface area contributed by atoms with E-state index in [1.165, 1.54) is 4.90 Å². The molecule has 1 fully saturated rings. The second-order valence-electron chi connectivity index (χ2n) is 10.6. The van der Waals surface area contributed by atoms with Gasteiger partial charge in [0, 0.05) is 32.5 Å². The number of β-amino-alcohol motifs (C(OH)–C–C–N with tert-alkyl or cyclic N) is 1. The fourth-order valence-corrected chi connectivity index (χ4v) is 5.22. The Balaban J connectivity index is 1.65. The number of nitrogens with zero attached hydrogens (tertiary/aromatic N) is 2. The number of aliphatic hydroxyl groups is 2. The SMILES string of the molecule is Cc1ncsc1-c1ccc(CNC(=O)C2CC(O)CN2C(=O)C(NC(=O)CCCCO)C(C)(C)C)cc1. The van der Waals surface area contributed by atoms with E-state index in [0.717, 1.165) is 21.7 Å². The molecule has 9 nitrogen and oxygen atoms in total. The van der Waals surface area contributed by atoms with Crippen molar-refractivity contribution in [3.8, 4) is 10.4 Å². The van der Waals surface area contributed by atoms with Crippen LogP contribution in [0.3, 0.4) is 0 Å². The van der Waals surface area contributed by atoms with E-state index < -0.39 is 23.6 Å². The molecule has 1 aromatic carbocycles. The van der Waals surface area contributed by atoms with Crippen LogP contribution in [-0.4, -0.2) is 69.2 Å². The minimum Gasteiger partial charge on any atom is -0.396 e. The number of aryl methyl sites for hydroxylation is 1. The zero-order valence-electron chi connectivity index (χ0n) is 22.0. The summed E-state index contributed by atoms with van der Waals surface area (Å²) in [5, 5.41) is 25.0. The first-order valence-electron chi connectivity index (χ1n) is 12.7. The summed E-state index contributed by atoms with van der Waals surface area (Å²) in [6.45, 7) is 7.85. The first kappa shape index (κ1) is 28.7. The monoisotopic (exact) mass is 530 g/mol. The molecule has 2 aromatic rings. The molecular weight excluding hydrogens is 492 g/mol. The van der Waals surface area contributed by atoms with Gasteiger partial charge in [-0.25, -0.2) is 4.98 Å². The number of likely N-dealkylation sites (tertiary alicyclic amines) is 1. The summed E-state index contributed by atoms with van der Waals surface area (Å²) in [5.41, 5.74) is 4.17. The van der Waals surface area contributed by atoms with E-state index in [4.69, 9.17) is 5.11 Å². The summed E-state index contributed by atoms with van der Waals surface area (Å²) in [4.78, 5) is 45.9. The Morgan fingerprint density at radius 3 is 2.49 bits per heavy atom. The van der Waals surface area contributed by atoms with Crippen molar-refractivity contribution in [2.75, 3.05) is 13.2 Å². The van der Waals surface area contributed by atoms with Gasteiger partial charge in [0.2, 0.25) is 17.7 Å². The largest absolute Gasteiger partial charge is 0.396 e. The summed E-state index contributed by atoms with van der Waals surface area (Å²) in [5.74, 6) is -1.00. The number of carbonyl (C=O) groups excluding carboxylic acids is 3. The predicted octanol–water partition coefficient (Wildman–Crippen LogP) is 2.39. The third kappa shape index (κ3) is 7.59. The Morgan fingerprint density at radius 1 is 1.19 bits per heavy atom. The molecule has 3 atom stereocenters. The van der Waals surface area contributed by atoms with Gasteiger partial charge in [-0.05, 0) is 36.3 Å². The zero-order chi connectivity index (χ0) is 27.2. The molecule has 1 aromatic heterocycles. The molecule has 0 saturated carbocycles. The van der Waals surface area contributed by atoms with Crippen molar-refractivity contribution in [1.82, 2.24) is 20.5 Å². The summed E-state index contributed by atoms with van der Waals surface area (Å²) in [7, 11) is 0. The van der Waals surface area contributed by atoms with E-state index in [1.807, 2.05) is 57.5 Å². The quantitative estimate of drug-likeness (QED) is 0.349. The molecule has 1 aliphatic heterocycles. The Labute approximate surface area is 222 Å². The van der Waals surface area contributed by atoms with Crippen molar-refractivity contribution in [1.29, 1.82) is 0 Å². The van der Waals surface area contributed by atoms with Crippen LogP contribution in [0.4, 0.5) is 0 Å². The molecule has 3 unspecified atom stereocenters. The smallest absolute Gasteiger partial charge is 0.246 e. The molecule has 202 valence electrons. The average molecular weight is 531 g/mol. The highest BCUT2D eigenvalue weighted by molar-refractivity contribution is 7.13. The van der Waals surface area contributed by atoms with Crippen LogP contribution < -0.4 is 10.6 Å². The fraction of sp³-hybridized carbons (Fsp3) is 0.556. The predicted molar refractivity (Wildman–Crippen MR) is 143 cm³/mol. The lowest BCUT2D eigenvalue weighted by Crippen LogP contribution is -2.57. The van der Waals surface area contributed by atoms with Crippen LogP contribution in [0.1, 0.15) is 57.7 Å². The first-order chi connectivity index (χ1) is 17.5. The number of rotatable bonds is 10. The lowest BCUT2D eigenvalue weighted by atomic mass is 9.85. The van der Waals surface area contributed by atoms with E-state index in [-0.39, 0.29) is 43.7 Å². The molecule has 37 heavy (non-hydrogen) atoms. The molecule has 10 heteroatoms. The van der Waals surface area contributed by atoms with Crippen molar-refractivity contribution in [3.05, 3.63) is 41.0 Å². The van der Waals surface area contributed by atoms with Gasteiger partial charge in [0.1, 0.15) is 12.1 Å². The van der Waals surface area contributed by atoms with E-state index in [1.54, 1.807) is 11.3 Å². The van der Waals surface area contributed by atoms with Gasteiger partial charge in [0.25, 0.3) is 0 Å². The number of carbonyl (C=O) groups is 3. The van der Waals surface area contributed by atoms with Crippen LogP contribution in [-0.2, 0) is 20.9 Å². The van der Waals surface area contributed by atoms with Crippen molar-refractivity contribution in [2.24, 2.45) is 5.41 Å². The summed E-state index contributed by atoms with van der Waals surface area (Å²) >= 11 is 1.58. The molecule has 0 bridgehead atoms. The summed E-state index contributed by atoms with van der Waals surface area (Å²) in [6, 6.07) is 6.21. The first-order valence-corrected chi connectivity index (χ1v) is 13.5. The standard InChI is InChI=1S/C27H38N4O5S/c1-17-23(37-16-29-17)19-10-8-18(9-11-19)14-28-25(35)21-13-20(33)15-31(21)26(36)24(27(2,3)4)30-22(34)7-5-6-12-32/h8-11,16,20-21,24,32-33H,5-7,12-15H2,1-4H3,(H,28,35)(H,30,34). The highest BCUT2D eigenvalue weighted by Gasteiger charge is 2.44. The molecule has 3 amide bonds. The van der Waals surface area contributed by atoms with E-state index in [2.05, 4.69) is 15.6 Å². The molecule has 2 heterocycles. The summed E-state index contributed by atoms with van der Waals surface area (Å²) in [6.07, 6.45) is 0.556. The maximum absolute atomic E-state index is 13.5. The van der Waals surface area contributed by atoms with E-state index in [9.17, 15) is 19.5 Å². The number of benzene rings is 1. The maximum Gasteiger partial charge on any atom is 0.246 e. The minimum absolute atomic E-state index is 0.00724. The van der Waals surface area contributed by atoms with Gasteiger partial charge < -0.3 is 25.7 Å². The highest BCUT2D eigenvalue weighted by atomic mass is 32.1. The third-order valence-electron chi connectivity index (χ3n) is 6.52. The second-order valence-corrected chi connectivity index (χ2v) is 11.5. The zero-order valence-corrected chi connectivity index (χ0v) is 22.8. The maximum atomic E-state index is 13.5. The number of unbranched alkanes of at least 4 members (excludes halogenated alkanes) is 1. The highest BCUT2D eigenvalue weighted by Crippen LogP contribution is 2.28. The molecule has 0 spiro atoms. The van der Waals surface area contributed by atoms with Gasteiger partial charge in [-0.1, -0.05) is 45.0 Å². The third-order valence-corrected chi connectivity index (χ3v) is 7.50. The average Bonchev–Trinajstić information content (AvgIpc) is 3.46. The summed E-state index contributed by atoms with van der Waals surface area (Å²) < 4.78 is 0. The molecule has 1 saturated heterocycles. The van der Waals surface area contributed by atoms with Crippen molar-refractivity contribution < 1.29 is 24.6 Å². The minimum atomic E-state index is -0.850. The van der Waals surface area contributed by atoms with Crippen LogP contribution in [0.15, 0.2) is 29.8 Å². The second kappa shape index (κ2) is 12.6. The van der Waals surface area contributed by atoms with Gasteiger partial charge in [0.15, 0.2) is 0 Å². The van der Waals surface area contributed by atoms with Crippen LogP contribution in [0.25, 0.3) is 10.4 Å². The molecule has 1 aliphatic rings. The number of hydrogen-bond acceptors (Lipinski definition) is 7. The molecule has 0 aliphatic carbocycles. The van der Waals surface area contributed by atoms with Crippen LogP contribution in [0, 0.1) is 12.3 Å². The molecular formula is C27H38N4O5S. The van der Waals surface area contributed by atoms with Crippen LogP contribution >= 0.6 is 11.3 Å². The van der Waals surface area contributed by atoms with Gasteiger partial charge in [-0.3, -0.25) is 14.4 Å². The Hall–Kier alpha value is -2.82. The van der Waals surface area contributed by atoms with Crippen molar-refractivity contribution in [3.63, 3.8) is 0 Å². The Kier molecular flexibility index (Phi) is 9.80. The number of amides is 3. The Morgan fingerprint density at radius 2 is 1.89 bits per heavy atom. The number of thiazole rings is 1. The van der Waals surface area contributed by atoms with Gasteiger partial charge in [-0.2, -0.15) is 0 Å². The molecule has 3 rings (SSSR count). The molecule has 4 N–H and O–H groups in total. The number of aliphatic hydroxyl groups excluding tert-OH is 2. The van der Waals surface area contributed by atoms with Crippen molar-refractivity contribution >= 4 is 29.1 Å². The van der Waals surface area contributed by atoms with Gasteiger partial charge in [0.05, 0.1) is 22.2 Å². The van der Waals surface area contributed by atoms with Gasteiger partial charge in [-0.15, -0.1) is 11.3 Å². The van der Waals surface area contributed by atoms with E-state index >= 15 is 0 Å².